The Morgan fingerprint density at radius 3 is 2.65 bits per heavy atom. The summed E-state index contributed by atoms with van der Waals surface area (Å²) in [5, 5.41) is 12.3. The van der Waals surface area contributed by atoms with Crippen LogP contribution in [-0.4, -0.2) is 11.0 Å². The number of benzene rings is 1. The van der Waals surface area contributed by atoms with Crippen molar-refractivity contribution in [2.45, 2.75) is 39.7 Å². The molecule has 17 heavy (non-hydrogen) atoms. The van der Waals surface area contributed by atoms with Crippen molar-refractivity contribution >= 4 is 11.6 Å². The Morgan fingerprint density at radius 2 is 2.06 bits per heavy atom. The van der Waals surface area contributed by atoms with Crippen LogP contribution in [0.2, 0.25) is 0 Å². The number of carbonyl (C=O) groups excluding carboxylic acids is 1. The second-order valence-electron chi connectivity index (χ2n) is 4.78. The van der Waals surface area contributed by atoms with Gasteiger partial charge in [-0.25, -0.2) is 0 Å². The highest BCUT2D eigenvalue weighted by atomic mass is 16.3. The van der Waals surface area contributed by atoms with Crippen LogP contribution < -0.4 is 5.32 Å². The van der Waals surface area contributed by atoms with Crippen LogP contribution in [0, 0.1) is 5.92 Å². The van der Waals surface area contributed by atoms with E-state index in [0.717, 1.165) is 17.7 Å². The van der Waals surface area contributed by atoms with Gasteiger partial charge in [0.15, 0.2) is 0 Å². The summed E-state index contributed by atoms with van der Waals surface area (Å²) in [4.78, 5) is 11.6. The Bertz CT molecular complexity index is 372. The van der Waals surface area contributed by atoms with Crippen molar-refractivity contribution < 1.29 is 9.90 Å². The van der Waals surface area contributed by atoms with Gasteiger partial charge in [-0.05, 0) is 37.0 Å². The number of anilines is 1. The van der Waals surface area contributed by atoms with Crippen molar-refractivity contribution in [3.05, 3.63) is 29.8 Å². The fraction of sp³-hybridized carbons (Fsp3) is 0.500. The lowest BCUT2D eigenvalue weighted by molar-refractivity contribution is -0.116. The molecule has 1 aromatic rings. The minimum absolute atomic E-state index is 0.0291. The van der Waals surface area contributed by atoms with E-state index in [0.29, 0.717) is 12.3 Å². The first-order valence-electron chi connectivity index (χ1n) is 6.07. The van der Waals surface area contributed by atoms with Crippen molar-refractivity contribution in [2.24, 2.45) is 5.92 Å². The monoisotopic (exact) mass is 235 g/mol. The van der Waals surface area contributed by atoms with E-state index < -0.39 is 6.10 Å². The normalized spacial score (nSPS) is 12.5. The minimum atomic E-state index is -0.512. The highest BCUT2D eigenvalue weighted by Gasteiger charge is 2.06. The number of carbonyl (C=O) groups is 1. The van der Waals surface area contributed by atoms with Crippen molar-refractivity contribution in [3.8, 4) is 0 Å². The molecule has 0 bridgehead atoms. The van der Waals surface area contributed by atoms with Gasteiger partial charge in [-0.1, -0.05) is 26.0 Å². The molecule has 1 amide bonds. The summed E-state index contributed by atoms with van der Waals surface area (Å²) in [6, 6.07) is 7.31. The van der Waals surface area contributed by atoms with Crippen molar-refractivity contribution in [3.63, 3.8) is 0 Å². The number of aliphatic hydroxyl groups is 1. The summed E-state index contributed by atoms with van der Waals surface area (Å²) in [7, 11) is 0. The Morgan fingerprint density at radius 1 is 1.35 bits per heavy atom. The van der Waals surface area contributed by atoms with Crippen LogP contribution in [0.25, 0.3) is 0 Å². The Hall–Kier alpha value is -1.35. The SMILES string of the molecule is CC(C)CCC(=O)Nc1cccc(C(C)O)c1. The third-order valence-corrected chi connectivity index (χ3v) is 2.60. The predicted octanol–water partition coefficient (Wildman–Crippen LogP) is 3.11. The molecule has 0 aliphatic carbocycles. The zero-order chi connectivity index (χ0) is 12.8. The lowest BCUT2D eigenvalue weighted by atomic mass is 10.1. The van der Waals surface area contributed by atoms with E-state index in [4.69, 9.17) is 0 Å². The highest BCUT2D eigenvalue weighted by Crippen LogP contribution is 2.17. The number of amides is 1. The molecule has 1 unspecified atom stereocenters. The molecule has 94 valence electrons. The van der Waals surface area contributed by atoms with Crippen molar-refractivity contribution in [1.82, 2.24) is 0 Å². The van der Waals surface area contributed by atoms with Crippen LogP contribution in [0.4, 0.5) is 5.69 Å². The van der Waals surface area contributed by atoms with E-state index in [-0.39, 0.29) is 5.91 Å². The standard InChI is InChI=1S/C14H21NO2/c1-10(2)7-8-14(17)15-13-6-4-5-12(9-13)11(3)16/h4-6,9-11,16H,7-8H2,1-3H3,(H,15,17). The number of hydrogen-bond donors (Lipinski definition) is 2. The molecule has 0 aliphatic heterocycles. The Kier molecular flexibility index (Phi) is 5.16. The number of hydrogen-bond acceptors (Lipinski definition) is 2. The largest absolute Gasteiger partial charge is 0.389 e. The Labute approximate surface area is 103 Å². The van der Waals surface area contributed by atoms with E-state index in [2.05, 4.69) is 19.2 Å². The molecular formula is C14H21NO2. The van der Waals surface area contributed by atoms with Crippen LogP contribution in [0.15, 0.2) is 24.3 Å². The molecule has 0 saturated carbocycles. The molecule has 0 fully saturated rings. The van der Waals surface area contributed by atoms with Gasteiger partial charge in [-0.15, -0.1) is 0 Å². The summed E-state index contributed by atoms with van der Waals surface area (Å²) in [5.41, 5.74) is 1.56. The lowest BCUT2D eigenvalue weighted by Crippen LogP contribution is -2.12. The summed E-state index contributed by atoms with van der Waals surface area (Å²) >= 11 is 0. The van der Waals surface area contributed by atoms with Gasteiger partial charge in [0.1, 0.15) is 0 Å². The second kappa shape index (κ2) is 6.40. The number of nitrogens with one attached hydrogen (secondary N) is 1. The fourth-order valence-electron chi connectivity index (χ4n) is 1.52. The highest BCUT2D eigenvalue weighted by molar-refractivity contribution is 5.90. The van der Waals surface area contributed by atoms with Gasteiger partial charge in [0, 0.05) is 12.1 Å². The van der Waals surface area contributed by atoms with Crippen LogP contribution >= 0.6 is 0 Å². The van der Waals surface area contributed by atoms with Crippen LogP contribution in [0.3, 0.4) is 0 Å². The zero-order valence-corrected chi connectivity index (χ0v) is 10.7. The quantitative estimate of drug-likeness (QED) is 0.823. The molecule has 1 aromatic carbocycles. The molecule has 0 spiro atoms. The van der Waals surface area contributed by atoms with E-state index in [1.807, 2.05) is 18.2 Å². The molecule has 1 atom stereocenters. The summed E-state index contributed by atoms with van der Waals surface area (Å²) in [6.07, 6.45) is 0.918. The van der Waals surface area contributed by atoms with Gasteiger partial charge in [-0.2, -0.15) is 0 Å². The lowest BCUT2D eigenvalue weighted by Gasteiger charge is -2.09. The van der Waals surface area contributed by atoms with Gasteiger partial charge in [0.2, 0.25) is 5.91 Å². The maximum Gasteiger partial charge on any atom is 0.224 e. The first-order chi connectivity index (χ1) is 7.99. The Balaban J connectivity index is 2.56. The van der Waals surface area contributed by atoms with Gasteiger partial charge >= 0.3 is 0 Å². The van der Waals surface area contributed by atoms with E-state index in [9.17, 15) is 9.90 Å². The maximum atomic E-state index is 11.6. The predicted molar refractivity (Wildman–Crippen MR) is 69.8 cm³/mol. The van der Waals surface area contributed by atoms with E-state index in [1.54, 1.807) is 13.0 Å². The van der Waals surface area contributed by atoms with Gasteiger partial charge in [0.25, 0.3) is 0 Å². The summed E-state index contributed by atoms with van der Waals surface area (Å²) < 4.78 is 0. The third-order valence-electron chi connectivity index (χ3n) is 2.60. The molecule has 0 saturated heterocycles. The van der Waals surface area contributed by atoms with Crippen molar-refractivity contribution in [2.75, 3.05) is 5.32 Å². The summed E-state index contributed by atoms with van der Waals surface area (Å²) in [6.45, 7) is 5.91. The van der Waals surface area contributed by atoms with Crippen LogP contribution in [0.5, 0.6) is 0 Å². The molecule has 0 aliphatic rings. The molecule has 0 aromatic heterocycles. The van der Waals surface area contributed by atoms with E-state index >= 15 is 0 Å². The van der Waals surface area contributed by atoms with Crippen molar-refractivity contribution in [1.29, 1.82) is 0 Å². The maximum absolute atomic E-state index is 11.6. The molecule has 2 N–H and O–H groups in total. The molecule has 3 heteroatoms. The van der Waals surface area contributed by atoms with Gasteiger partial charge in [0.05, 0.1) is 6.10 Å². The average molecular weight is 235 g/mol. The van der Waals surface area contributed by atoms with E-state index in [1.165, 1.54) is 0 Å². The van der Waals surface area contributed by atoms with Crippen LogP contribution in [-0.2, 0) is 4.79 Å². The average Bonchev–Trinajstić information content (AvgIpc) is 2.26. The number of aliphatic hydroxyl groups excluding tert-OH is 1. The summed E-state index contributed by atoms with van der Waals surface area (Å²) in [5.74, 6) is 0.561. The smallest absolute Gasteiger partial charge is 0.224 e. The molecule has 1 rings (SSSR count). The minimum Gasteiger partial charge on any atom is -0.389 e. The topological polar surface area (TPSA) is 49.3 Å². The first kappa shape index (κ1) is 13.7. The molecule has 3 nitrogen and oxygen atoms in total. The van der Waals surface area contributed by atoms with Gasteiger partial charge in [-0.3, -0.25) is 4.79 Å². The zero-order valence-electron chi connectivity index (χ0n) is 10.7. The fourth-order valence-corrected chi connectivity index (χ4v) is 1.52. The molecule has 0 heterocycles. The number of rotatable bonds is 5. The second-order valence-corrected chi connectivity index (χ2v) is 4.78. The third kappa shape index (κ3) is 5.00. The first-order valence-corrected chi connectivity index (χ1v) is 6.07. The molecule has 0 radical (unpaired) electrons. The van der Waals surface area contributed by atoms with Crippen LogP contribution in [0.1, 0.15) is 45.3 Å². The molecular weight excluding hydrogens is 214 g/mol. The van der Waals surface area contributed by atoms with Gasteiger partial charge < -0.3 is 10.4 Å².